The summed E-state index contributed by atoms with van der Waals surface area (Å²) in [5.74, 6) is -2.65. The molecule has 5 N–H and O–H groups in total. The minimum atomic E-state index is -4.12. The molecule has 1 atom stereocenters. The van der Waals surface area contributed by atoms with Gasteiger partial charge in [0.15, 0.2) is 0 Å². The number of ether oxygens (including phenoxy) is 3. The van der Waals surface area contributed by atoms with Gasteiger partial charge in [-0.3, -0.25) is 4.79 Å². The molecular formula is C31H39N7O9S2. The van der Waals surface area contributed by atoms with Gasteiger partial charge >= 0.3 is 24.1 Å². The number of amides is 2. The van der Waals surface area contributed by atoms with Crippen LogP contribution in [-0.4, -0.2) is 72.5 Å². The summed E-state index contributed by atoms with van der Waals surface area (Å²) in [7, 11) is -4.12. The molecule has 2 aromatic carbocycles. The zero-order valence-electron chi connectivity index (χ0n) is 28.0. The molecule has 0 aliphatic rings. The van der Waals surface area contributed by atoms with E-state index in [9.17, 15) is 27.6 Å². The first-order valence-corrected chi connectivity index (χ1v) is 17.0. The molecule has 0 aliphatic carbocycles. The quantitative estimate of drug-likeness (QED) is 0.0947. The Balaban J connectivity index is 1.72. The minimum Gasteiger partial charge on any atom is -0.443 e. The predicted octanol–water partition coefficient (Wildman–Crippen LogP) is 3.42. The van der Waals surface area contributed by atoms with Gasteiger partial charge in [0.2, 0.25) is 16.0 Å². The third-order valence-corrected chi connectivity index (χ3v) is 8.31. The number of aliphatic imine (C=N–C) groups is 1. The van der Waals surface area contributed by atoms with Gasteiger partial charge in [-0.2, -0.15) is 4.72 Å². The second-order valence-electron chi connectivity index (χ2n) is 12.5. The summed E-state index contributed by atoms with van der Waals surface area (Å²) in [6.07, 6.45) is -2.33. The van der Waals surface area contributed by atoms with Crippen molar-refractivity contribution in [2.75, 3.05) is 11.4 Å². The topological polar surface area (TPSA) is 236 Å². The number of rotatable bonds is 9. The Morgan fingerprint density at radius 2 is 1.61 bits per heavy atom. The lowest BCUT2D eigenvalue weighted by Gasteiger charge is -2.27. The number of sulfonamides is 1. The largest absolute Gasteiger partial charge is 0.443 e. The van der Waals surface area contributed by atoms with Gasteiger partial charge in [-0.05, 0) is 90.4 Å². The number of anilines is 1. The Kier molecular flexibility index (Phi) is 12.3. The van der Waals surface area contributed by atoms with E-state index in [4.69, 9.17) is 25.7 Å². The van der Waals surface area contributed by atoms with Gasteiger partial charge < -0.3 is 25.7 Å². The predicted molar refractivity (Wildman–Crippen MR) is 181 cm³/mol. The smallest absolute Gasteiger partial charge is 0.437 e. The molecule has 0 bridgehead atoms. The molecule has 2 amide bonds. The zero-order valence-corrected chi connectivity index (χ0v) is 29.7. The van der Waals surface area contributed by atoms with Crippen LogP contribution >= 0.6 is 11.3 Å². The fraction of sp³-hybridized carbons (Fsp3) is 0.387. The molecule has 0 fully saturated rings. The zero-order chi connectivity index (χ0) is 36.7. The average molecular weight is 718 g/mol. The summed E-state index contributed by atoms with van der Waals surface area (Å²) in [5.41, 5.74) is 11.4. The molecule has 264 valence electrons. The number of benzene rings is 2. The SMILES string of the molecule is Cc1cccc(S(=O)(=O)NC(CN)C(=O)OC(=O)Cc2nnc(-c3ccc(N(C(=O)OC(C)(C)C)C(N)=NC(=O)OC(C)(C)C)cc3)s2)c1. The molecule has 0 aliphatic heterocycles. The molecular weight excluding hydrogens is 679 g/mol. The standard InChI is InChI=1S/C31H39N7O9S2/c1-18-9-8-10-21(15-18)49(43,44)37-22(17-32)26(40)45-24(39)16-23-35-36-25(48-23)19-11-13-20(14-12-19)38(29(42)47-31(5,6)7)27(33)34-28(41)46-30(2,3)4/h8-15,22,37H,16-17,32H2,1-7H3,(H2,33,34,41). The summed E-state index contributed by atoms with van der Waals surface area (Å²) in [6, 6.07) is 10.7. The number of aryl methyl sites for hydroxylation is 1. The highest BCUT2D eigenvalue weighted by Crippen LogP contribution is 2.27. The Labute approximate surface area is 287 Å². The number of guanidine groups is 1. The van der Waals surface area contributed by atoms with Crippen LogP contribution in [0.1, 0.15) is 52.1 Å². The van der Waals surface area contributed by atoms with Crippen molar-refractivity contribution in [3.8, 4) is 10.6 Å². The molecule has 1 heterocycles. The number of nitrogens with one attached hydrogen (secondary N) is 1. The molecule has 16 nitrogen and oxygen atoms in total. The first-order valence-electron chi connectivity index (χ1n) is 14.7. The maximum absolute atomic E-state index is 13.1. The van der Waals surface area contributed by atoms with Crippen LogP contribution in [0.25, 0.3) is 10.6 Å². The highest BCUT2D eigenvalue weighted by molar-refractivity contribution is 7.89. The number of esters is 2. The number of carbonyl (C=O) groups excluding carboxylic acids is 4. The van der Waals surface area contributed by atoms with E-state index >= 15 is 0 Å². The van der Waals surface area contributed by atoms with Gasteiger partial charge in [0.25, 0.3) is 0 Å². The van der Waals surface area contributed by atoms with Crippen molar-refractivity contribution in [3.05, 3.63) is 59.1 Å². The van der Waals surface area contributed by atoms with Crippen LogP contribution in [0.5, 0.6) is 0 Å². The van der Waals surface area contributed by atoms with E-state index in [1.54, 1.807) is 72.7 Å². The second kappa shape index (κ2) is 15.6. The van der Waals surface area contributed by atoms with Crippen molar-refractivity contribution in [2.24, 2.45) is 16.5 Å². The van der Waals surface area contributed by atoms with Crippen molar-refractivity contribution < 1.29 is 41.8 Å². The van der Waals surface area contributed by atoms with E-state index in [2.05, 4.69) is 19.9 Å². The monoisotopic (exact) mass is 717 g/mol. The average Bonchev–Trinajstić information content (AvgIpc) is 3.42. The molecule has 1 unspecified atom stereocenters. The Morgan fingerprint density at radius 1 is 0.980 bits per heavy atom. The molecule has 0 saturated carbocycles. The van der Waals surface area contributed by atoms with Crippen LogP contribution in [0.15, 0.2) is 58.4 Å². The van der Waals surface area contributed by atoms with E-state index in [0.717, 1.165) is 16.2 Å². The summed E-state index contributed by atoms with van der Waals surface area (Å²) in [5, 5.41) is 8.63. The maximum atomic E-state index is 13.1. The number of hydrogen-bond acceptors (Lipinski definition) is 13. The van der Waals surface area contributed by atoms with Crippen LogP contribution in [0.2, 0.25) is 0 Å². The van der Waals surface area contributed by atoms with Crippen LogP contribution in [0.4, 0.5) is 15.3 Å². The van der Waals surface area contributed by atoms with Crippen LogP contribution in [0.3, 0.4) is 0 Å². The van der Waals surface area contributed by atoms with Crippen LogP contribution in [0, 0.1) is 6.92 Å². The number of aromatic nitrogens is 2. The fourth-order valence-electron chi connectivity index (χ4n) is 3.84. The van der Waals surface area contributed by atoms with Gasteiger partial charge in [-0.1, -0.05) is 23.5 Å². The number of carbonyl (C=O) groups is 4. The van der Waals surface area contributed by atoms with Crippen LogP contribution < -0.4 is 21.1 Å². The van der Waals surface area contributed by atoms with E-state index < -0.39 is 70.3 Å². The van der Waals surface area contributed by atoms with E-state index in [0.29, 0.717) is 16.1 Å². The highest BCUT2D eigenvalue weighted by atomic mass is 32.2. The van der Waals surface area contributed by atoms with Crippen molar-refractivity contribution >= 4 is 57.1 Å². The first-order chi connectivity index (χ1) is 22.7. The van der Waals surface area contributed by atoms with Gasteiger partial charge in [0, 0.05) is 12.1 Å². The van der Waals surface area contributed by atoms with E-state index in [1.807, 2.05) is 0 Å². The molecule has 49 heavy (non-hydrogen) atoms. The number of hydrogen-bond donors (Lipinski definition) is 3. The van der Waals surface area contributed by atoms with Crippen molar-refractivity contribution in [2.45, 2.75) is 77.0 Å². The number of nitrogens with zero attached hydrogens (tertiary/aromatic N) is 4. The van der Waals surface area contributed by atoms with Gasteiger partial charge in [0.05, 0.1) is 10.6 Å². The fourth-order valence-corrected chi connectivity index (χ4v) is 5.97. The minimum absolute atomic E-state index is 0.0746. The molecule has 0 saturated heterocycles. The third kappa shape index (κ3) is 11.7. The Morgan fingerprint density at radius 3 is 2.18 bits per heavy atom. The molecule has 3 rings (SSSR count). The Bertz CT molecular complexity index is 1830. The van der Waals surface area contributed by atoms with Crippen molar-refractivity contribution in [1.82, 2.24) is 14.9 Å². The van der Waals surface area contributed by atoms with Crippen LogP contribution in [-0.2, 0) is 40.2 Å². The molecule has 0 radical (unpaired) electrons. The number of nitrogens with two attached hydrogens (primary N) is 2. The lowest BCUT2D eigenvalue weighted by molar-refractivity contribution is -0.160. The first kappa shape index (κ1) is 38.7. The summed E-state index contributed by atoms with van der Waals surface area (Å²) < 4.78 is 43.1. The normalized spacial score (nSPS) is 12.9. The summed E-state index contributed by atoms with van der Waals surface area (Å²) in [6.45, 7) is 11.2. The highest BCUT2D eigenvalue weighted by Gasteiger charge is 2.29. The third-order valence-electron chi connectivity index (χ3n) is 5.87. The van der Waals surface area contributed by atoms with E-state index in [-0.39, 0.29) is 15.6 Å². The maximum Gasteiger partial charge on any atom is 0.437 e. The summed E-state index contributed by atoms with van der Waals surface area (Å²) in [4.78, 5) is 55.0. The molecule has 18 heteroatoms. The van der Waals surface area contributed by atoms with E-state index in [1.165, 1.54) is 24.3 Å². The molecule has 3 aromatic rings. The van der Waals surface area contributed by atoms with Gasteiger partial charge in [0.1, 0.15) is 33.7 Å². The second-order valence-corrected chi connectivity index (χ2v) is 15.3. The lowest BCUT2D eigenvalue weighted by atomic mass is 10.2. The van der Waals surface area contributed by atoms with Crippen molar-refractivity contribution in [3.63, 3.8) is 0 Å². The van der Waals surface area contributed by atoms with Gasteiger partial charge in [-0.15, -0.1) is 15.2 Å². The van der Waals surface area contributed by atoms with Crippen molar-refractivity contribution in [1.29, 1.82) is 0 Å². The lowest BCUT2D eigenvalue weighted by Crippen LogP contribution is -2.47. The molecule has 1 aromatic heterocycles. The summed E-state index contributed by atoms with van der Waals surface area (Å²) >= 11 is 1.03. The molecule has 0 spiro atoms. The van der Waals surface area contributed by atoms with Gasteiger partial charge in [-0.25, -0.2) is 27.7 Å². The Hall–Kier alpha value is -4.78.